The van der Waals surface area contributed by atoms with Gasteiger partial charge >= 0.3 is 0 Å². The Morgan fingerprint density at radius 1 is 1.03 bits per heavy atom. The summed E-state index contributed by atoms with van der Waals surface area (Å²) in [6.07, 6.45) is 0.789. The van der Waals surface area contributed by atoms with Crippen molar-refractivity contribution in [3.05, 3.63) is 77.6 Å². The fraction of sp³-hybridized carbons (Fsp3) is 0.292. The second-order valence-electron chi connectivity index (χ2n) is 7.46. The van der Waals surface area contributed by atoms with Crippen LogP contribution >= 0.6 is 0 Å². The van der Waals surface area contributed by atoms with Gasteiger partial charge in [-0.15, -0.1) is 0 Å². The van der Waals surface area contributed by atoms with E-state index in [0.29, 0.717) is 18.1 Å². The second kappa shape index (κ2) is 10.5. The van der Waals surface area contributed by atoms with E-state index < -0.39 is 6.04 Å². The summed E-state index contributed by atoms with van der Waals surface area (Å²) in [4.78, 5) is 28.0. The highest BCUT2D eigenvalue weighted by molar-refractivity contribution is 5.96. The number of carbonyl (C=O) groups excluding carboxylic acids is 2. The molecule has 1 atom stereocenters. The van der Waals surface area contributed by atoms with E-state index in [1.54, 1.807) is 13.0 Å². The molecular weight excluding hydrogens is 392 g/mol. The molecule has 2 aromatic carbocycles. The average molecular weight is 421 g/mol. The van der Waals surface area contributed by atoms with Crippen molar-refractivity contribution in [3.8, 4) is 0 Å². The van der Waals surface area contributed by atoms with E-state index in [1.807, 2.05) is 73.3 Å². The van der Waals surface area contributed by atoms with Crippen LogP contribution in [-0.4, -0.2) is 35.0 Å². The number of nitrogens with zero attached hydrogens (tertiary/aromatic N) is 2. The Labute approximate surface area is 182 Å². The molecule has 0 aliphatic carbocycles. The number of carbonyl (C=O) groups is 2. The van der Waals surface area contributed by atoms with Crippen molar-refractivity contribution in [2.75, 3.05) is 23.7 Å². The summed E-state index contributed by atoms with van der Waals surface area (Å²) >= 11 is 0. The van der Waals surface area contributed by atoms with Gasteiger partial charge in [0.15, 0.2) is 5.82 Å². The molecule has 7 nitrogen and oxygen atoms in total. The minimum absolute atomic E-state index is 0.0764. The largest absolute Gasteiger partial charge is 0.360 e. The summed E-state index contributed by atoms with van der Waals surface area (Å²) in [6, 6.07) is 18.1. The maximum absolute atomic E-state index is 13.3. The molecule has 3 aromatic rings. The van der Waals surface area contributed by atoms with Gasteiger partial charge in [-0.1, -0.05) is 60.6 Å². The summed E-state index contributed by atoms with van der Waals surface area (Å²) in [7, 11) is 0. The van der Waals surface area contributed by atoms with Gasteiger partial charge in [-0.3, -0.25) is 14.5 Å². The minimum atomic E-state index is -0.652. The SMILES string of the molecule is CCCN(CC(=O)Nc1ccccc1C)C(C(=O)Nc1cc(C)on1)c1ccccc1. The molecule has 0 radical (unpaired) electrons. The van der Waals surface area contributed by atoms with Gasteiger partial charge in [0.05, 0.1) is 6.54 Å². The molecule has 1 aromatic heterocycles. The van der Waals surface area contributed by atoms with Crippen LogP contribution in [-0.2, 0) is 9.59 Å². The quantitative estimate of drug-likeness (QED) is 0.538. The number of para-hydroxylation sites is 1. The molecule has 0 saturated carbocycles. The first-order valence-electron chi connectivity index (χ1n) is 10.4. The van der Waals surface area contributed by atoms with Gasteiger partial charge in [0.25, 0.3) is 0 Å². The molecule has 0 saturated heterocycles. The van der Waals surface area contributed by atoms with E-state index in [1.165, 1.54) is 0 Å². The van der Waals surface area contributed by atoms with Crippen molar-refractivity contribution in [1.82, 2.24) is 10.1 Å². The molecule has 162 valence electrons. The number of hydrogen-bond donors (Lipinski definition) is 2. The predicted molar refractivity (Wildman–Crippen MR) is 121 cm³/mol. The first-order valence-corrected chi connectivity index (χ1v) is 10.4. The van der Waals surface area contributed by atoms with Crippen LogP contribution in [0, 0.1) is 13.8 Å². The third-order valence-corrected chi connectivity index (χ3v) is 4.88. The minimum Gasteiger partial charge on any atom is -0.360 e. The number of hydrogen-bond acceptors (Lipinski definition) is 5. The van der Waals surface area contributed by atoms with Gasteiger partial charge in [-0.05, 0) is 44.0 Å². The van der Waals surface area contributed by atoms with Crippen LogP contribution in [0.4, 0.5) is 11.5 Å². The van der Waals surface area contributed by atoms with Gasteiger partial charge in [0.2, 0.25) is 11.8 Å². The molecular formula is C24H28N4O3. The molecule has 2 amide bonds. The zero-order valence-electron chi connectivity index (χ0n) is 18.1. The van der Waals surface area contributed by atoms with Gasteiger partial charge in [-0.2, -0.15) is 0 Å². The van der Waals surface area contributed by atoms with Crippen LogP contribution < -0.4 is 10.6 Å². The van der Waals surface area contributed by atoms with Crippen molar-refractivity contribution in [1.29, 1.82) is 0 Å². The molecule has 31 heavy (non-hydrogen) atoms. The Morgan fingerprint density at radius 2 is 1.74 bits per heavy atom. The highest BCUT2D eigenvalue weighted by Gasteiger charge is 2.29. The Kier molecular flexibility index (Phi) is 7.56. The standard InChI is InChI=1S/C24H28N4O3/c1-4-14-28(16-22(29)25-20-13-9-8-10-17(20)2)23(19-11-6-5-7-12-19)24(30)26-21-15-18(3)31-27-21/h5-13,15,23H,4,14,16H2,1-3H3,(H,25,29)(H,26,27,30). The van der Waals surface area contributed by atoms with Crippen molar-refractivity contribution < 1.29 is 14.1 Å². The highest BCUT2D eigenvalue weighted by atomic mass is 16.5. The molecule has 7 heteroatoms. The number of nitrogens with one attached hydrogen (secondary N) is 2. The summed E-state index contributed by atoms with van der Waals surface area (Å²) in [5.41, 5.74) is 2.55. The second-order valence-corrected chi connectivity index (χ2v) is 7.46. The van der Waals surface area contributed by atoms with E-state index in [0.717, 1.165) is 23.2 Å². The Hall–Kier alpha value is -3.45. The van der Waals surface area contributed by atoms with Crippen LogP contribution in [0.2, 0.25) is 0 Å². The normalized spacial score (nSPS) is 11.9. The molecule has 0 spiro atoms. The van der Waals surface area contributed by atoms with Crippen molar-refractivity contribution in [3.63, 3.8) is 0 Å². The van der Waals surface area contributed by atoms with Crippen LogP contribution in [0.5, 0.6) is 0 Å². The fourth-order valence-corrected chi connectivity index (χ4v) is 3.46. The van der Waals surface area contributed by atoms with E-state index >= 15 is 0 Å². The number of aromatic nitrogens is 1. The van der Waals surface area contributed by atoms with E-state index in [2.05, 4.69) is 15.8 Å². The van der Waals surface area contributed by atoms with Crippen LogP contribution in [0.3, 0.4) is 0 Å². The Balaban J connectivity index is 1.83. The average Bonchev–Trinajstić information content (AvgIpc) is 3.15. The van der Waals surface area contributed by atoms with Crippen LogP contribution in [0.1, 0.15) is 36.3 Å². The zero-order chi connectivity index (χ0) is 22.2. The van der Waals surface area contributed by atoms with Crippen LogP contribution in [0.25, 0.3) is 0 Å². The molecule has 2 N–H and O–H groups in total. The van der Waals surface area contributed by atoms with E-state index in [9.17, 15) is 9.59 Å². The number of rotatable bonds is 9. The smallest absolute Gasteiger partial charge is 0.247 e. The molecule has 0 bridgehead atoms. The number of anilines is 2. The van der Waals surface area contributed by atoms with E-state index in [4.69, 9.17) is 4.52 Å². The number of amides is 2. The molecule has 3 rings (SSSR count). The highest BCUT2D eigenvalue weighted by Crippen LogP contribution is 2.24. The lowest BCUT2D eigenvalue weighted by Gasteiger charge is -2.30. The topological polar surface area (TPSA) is 87.5 Å². The third kappa shape index (κ3) is 6.02. The maximum atomic E-state index is 13.3. The lowest BCUT2D eigenvalue weighted by molar-refractivity contribution is -0.124. The monoisotopic (exact) mass is 420 g/mol. The number of aryl methyl sites for hydroxylation is 2. The fourth-order valence-electron chi connectivity index (χ4n) is 3.46. The van der Waals surface area contributed by atoms with Crippen molar-refractivity contribution >= 4 is 23.3 Å². The molecule has 0 aliphatic heterocycles. The molecule has 0 fully saturated rings. The third-order valence-electron chi connectivity index (χ3n) is 4.88. The zero-order valence-corrected chi connectivity index (χ0v) is 18.1. The van der Waals surface area contributed by atoms with Crippen molar-refractivity contribution in [2.45, 2.75) is 33.2 Å². The lowest BCUT2D eigenvalue weighted by Crippen LogP contribution is -2.42. The van der Waals surface area contributed by atoms with Gasteiger partial charge in [0, 0.05) is 11.8 Å². The first kappa shape index (κ1) is 22.2. The predicted octanol–water partition coefficient (Wildman–Crippen LogP) is 4.32. The molecule has 0 aliphatic rings. The Morgan fingerprint density at radius 3 is 2.39 bits per heavy atom. The van der Waals surface area contributed by atoms with Crippen molar-refractivity contribution in [2.24, 2.45) is 0 Å². The number of benzene rings is 2. The summed E-state index contributed by atoms with van der Waals surface area (Å²) in [5, 5.41) is 9.63. The molecule has 1 heterocycles. The van der Waals surface area contributed by atoms with Crippen LogP contribution in [0.15, 0.2) is 65.2 Å². The van der Waals surface area contributed by atoms with Gasteiger partial charge in [0.1, 0.15) is 11.8 Å². The maximum Gasteiger partial charge on any atom is 0.247 e. The summed E-state index contributed by atoms with van der Waals surface area (Å²) < 4.78 is 5.06. The van der Waals surface area contributed by atoms with Gasteiger partial charge in [-0.25, -0.2) is 0 Å². The lowest BCUT2D eigenvalue weighted by atomic mass is 10.0. The first-order chi connectivity index (χ1) is 15.0. The molecule has 1 unspecified atom stereocenters. The van der Waals surface area contributed by atoms with Gasteiger partial charge < -0.3 is 15.2 Å². The summed E-state index contributed by atoms with van der Waals surface area (Å²) in [6.45, 7) is 6.38. The van der Waals surface area contributed by atoms with E-state index in [-0.39, 0.29) is 18.4 Å². The Bertz CT molecular complexity index is 1020. The summed E-state index contributed by atoms with van der Waals surface area (Å²) in [5.74, 6) is 0.518.